The van der Waals surface area contributed by atoms with Crippen LogP contribution in [0.3, 0.4) is 0 Å². The van der Waals surface area contributed by atoms with Crippen molar-refractivity contribution in [3.63, 3.8) is 0 Å². The van der Waals surface area contributed by atoms with E-state index in [2.05, 4.69) is 21.3 Å². The summed E-state index contributed by atoms with van der Waals surface area (Å²) in [5.41, 5.74) is 0.710. The first-order valence-corrected chi connectivity index (χ1v) is 17.0. The predicted molar refractivity (Wildman–Crippen MR) is 172 cm³/mol. The second kappa shape index (κ2) is 19.5. The number of carbonyl (C=O) groups excluding carboxylic acids is 4. The molecule has 5 atom stereocenters. The maximum absolute atomic E-state index is 13.5. The van der Waals surface area contributed by atoms with Crippen molar-refractivity contribution in [1.29, 1.82) is 0 Å². The molecule has 15 nitrogen and oxygen atoms in total. The average Bonchev–Trinajstić information content (AvgIpc) is 2.98. The molecule has 0 saturated heterocycles. The number of halogens is 1. The van der Waals surface area contributed by atoms with Crippen molar-refractivity contribution in [3.05, 3.63) is 46.3 Å². The normalized spacial score (nSPS) is 14.9. The van der Waals surface area contributed by atoms with Crippen molar-refractivity contribution in [2.75, 3.05) is 6.26 Å². The van der Waals surface area contributed by atoms with E-state index in [-0.39, 0.29) is 13.0 Å². The standard InChI is InChI=1S/C30H43ClN4O11S/c1-6-18(4)26(29(42)32-20(15-24(38)39)14-22(31)47(5,44)45)34-27(40)21(12-13-23(36)37)33-28(41)25(17(2)3)35-30(43)46-16-19-10-8-7-9-11-19/h7-11,14,17-18,20-21,25-26H,6,12-13,15-16H2,1-5H3,(H,32,42)(H,33,41)(H,34,40)(H,35,43)(H,36,37)(H,38,39)/b22-14+/t18?,20-,21+,25+,26+/m1/s1. The van der Waals surface area contributed by atoms with Gasteiger partial charge in [-0.15, -0.1) is 0 Å². The molecule has 0 saturated carbocycles. The molecule has 0 aliphatic heterocycles. The fourth-order valence-corrected chi connectivity index (χ4v) is 4.64. The lowest BCUT2D eigenvalue weighted by Gasteiger charge is -2.29. The number of amides is 4. The van der Waals surface area contributed by atoms with Gasteiger partial charge in [0.15, 0.2) is 9.84 Å². The molecule has 6 N–H and O–H groups in total. The van der Waals surface area contributed by atoms with Crippen molar-refractivity contribution < 1.29 is 52.1 Å². The first-order chi connectivity index (χ1) is 21.8. The second-order valence-electron chi connectivity index (χ2n) is 11.2. The maximum atomic E-state index is 13.5. The monoisotopic (exact) mass is 702 g/mol. The van der Waals surface area contributed by atoms with Crippen LogP contribution in [-0.4, -0.2) is 84.8 Å². The van der Waals surface area contributed by atoms with Crippen molar-refractivity contribution in [2.24, 2.45) is 11.8 Å². The third-order valence-electron chi connectivity index (χ3n) is 6.92. The van der Waals surface area contributed by atoms with Crippen molar-refractivity contribution in [2.45, 2.75) is 84.2 Å². The van der Waals surface area contributed by atoms with Gasteiger partial charge in [0.1, 0.15) is 29.1 Å². The zero-order chi connectivity index (χ0) is 35.9. The van der Waals surface area contributed by atoms with Gasteiger partial charge in [0.2, 0.25) is 17.7 Å². The molecular formula is C30H43ClN4O11S. The Morgan fingerprint density at radius 2 is 1.47 bits per heavy atom. The molecule has 0 fully saturated rings. The van der Waals surface area contributed by atoms with Gasteiger partial charge in [-0.1, -0.05) is 76.0 Å². The van der Waals surface area contributed by atoms with Gasteiger partial charge in [-0.3, -0.25) is 24.0 Å². The Labute approximate surface area is 278 Å². The van der Waals surface area contributed by atoms with E-state index in [1.807, 2.05) is 0 Å². The number of carboxylic acid groups (broad SMARTS) is 2. The minimum absolute atomic E-state index is 0.0641. The maximum Gasteiger partial charge on any atom is 0.408 e. The Hall–Kier alpha value is -4.18. The Bertz CT molecular complexity index is 1400. The molecule has 1 unspecified atom stereocenters. The summed E-state index contributed by atoms with van der Waals surface area (Å²) in [5, 5.41) is 28.3. The first-order valence-electron chi connectivity index (χ1n) is 14.7. The number of hydrogen-bond donors (Lipinski definition) is 6. The molecule has 1 aromatic carbocycles. The van der Waals surface area contributed by atoms with E-state index in [1.54, 1.807) is 58.0 Å². The fourth-order valence-electron chi connectivity index (χ4n) is 4.07. The number of carboxylic acids is 2. The summed E-state index contributed by atoms with van der Waals surface area (Å²) < 4.78 is 28.0. The number of hydrogen-bond acceptors (Lipinski definition) is 9. The van der Waals surface area contributed by atoms with Crippen molar-refractivity contribution >= 4 is 57.2 Å². The molecule has 0 aromatic heterocycles. The number of benzene rings is 1. The van der Waals surface area contributed by atoms with Crippen LogP contribution in [0.5, 0.6) is 0 Å². The van der Waals surface area contributed by atoms with Gasteiger partial charge in [-0.05, 0) is 29.9 Å². The Morgan fingerprint density at radius 1 is 0.872 bits per heavy atom. The summed E-state index contributed by atoms with van der Waals surface area (Å²) in [6.45, 7) is 6.53. The summed E-state index contributed by atoms with van der Waals surface area (Å²) in [7, 11) is -3.91. The number of aliphatic carboxylic acids is 2. The van der Waals surface area contributed by atoms with Gasteiger partial charge >= 0.3 is 18.0 Å². The highest BCUT2D eigenvalue weighted by molar-refractivity contribution is 7.96. The van der Waals surface area contributed by atoms with E-state index in [0.717, 1.165) is 12.3 Å². The lowest BCUT2D eigenvalue weighted by molar-refractivity contribution is -0.139. The molecule has 1 rings (SSSR count). The average molecular weight is 703 g/mol. The van der Waals surface area contributed by atoms with Gasteiger partial charge in [-0.2, -0.15) is 0 Å². The lowest BCUT2D eigenvalue weighted by atomic mass is 9.96. The number of nitrogens with one attached hydrogen (secondary N) is 4. The number of carbonyl (C=O) groups is 6. The first kappa shape index (κ1) is 40.8. The van der Waals surface area contributed by atoms with E-state index in [9.17, 15) is 47.4 Å². The predicted octanol–water partition coefficient (Wildman–Crippen LogP) is 1.90. The highest BCUT2D eigenvalue weighted by Gasteiger charge is 2.34. The van der Waals surface area contributed by atoms with E-state index in [0.29, 0.717) is 12.0 Å². The molecule has 4 amide bonds. The summed E-state index contributed by atoms with van der Waals surface area (Å²) in [4.78, 5) is 75.3. The molecule has 0 aliphatic carbocycles. The second-order valence-corrected chi connectivity index (χ2v) is 13.9. The molecule has 0 bridgehead atoms. The summed E-state index contributed by atoms with van der Waals surface area (Å²) in [6, 6.07) is 3.48. The Balaban J connectivity index is 3.18. The van der Waals surface area contributed by atoms with E-state index < -0.39 is 98.8 Å². The van der Waals surface area contributed by atoms with Crippen LogP contribution in [0.2, 0.25) is 0 Å². The summed E-state index contributed by atoms with van der Waals surface area (Å²) in [5.74, 6) is -6.29. The summed E-state index contributed by atoms with van der Waals surface area (Å²) >= 11 is 5.78. The molecule has 0 heterocycles. The molecule has 1 aromatic rings. The highest BCUT2D eigenvalue weighted by Crippen LogP contribution is 2.15. The van der Waals surface area contributed by atoms with Gasteiger partial charge in [-0.25, -0.2) is 13.2 Å². The number of sulfone groups is 1. The fraction of sp³-hybridized carbons (Fsp3) is 0.533. The highest BCUT2D eigenvalue weighted by atomic mass is 35.5. The van der Waals surface area contributed by atoms with Crippen LogP contribution in [-0.2, 0) is 45.2 Å². The topological polar surface area (TPSA) is 234 Å². The van der Waals surface area contributed by atoms with Gasteiger partial charge < -0.3 is 36.2 Å². The summed E-state index contributed by atoms with van der Waals surface area (Å²) in [6.07, 6.45) is -0.536. The van der Waals surface area contributed by atoms with E-state index in [1.165, 1.54) is 0 Å². The largest absolute Gasteiger partial charge is 0.481 e. The van der Waals surface area contributed by atoms with Crippen molar-refractivity contribution in [1.82, 2.24) is 21.3 Å². The van der Waals surface area contributed by atoms with Crippen LogP contribution in [0.15, 0.2) is 40.8 Å². The van der Waals surface area contributed by atoms with Crippen LogP contribution in [0.25, 0.3) is 0 Å². The van der Waals surface area contributed by atoms with Crippen LogP contribution >= 0.6 is 11.6 Å². The number of ether oxygens (including phenoxy) is 1. The minimum Gasteiger partial charge on any atom is -0.481 e. The number of alkyl carbamates (subject to hydrolysis) is 1. The Kier molecular flexibility index (Phi) is 16.9. The molecule has 47 heavy (non-hydrogen) atoms. The third-order valence-corrected chi connectivity index (χ3v) is 8.73. The lowest BCUT2D eigenvalue weighted by Crippen LogP contribution is -2.59. The van der Waals surface area contributed by atoms with Crippen LogP contribution in [0, 0.1) is 11.8 Å². The van der Waals surface area contributed by atoms with Crippen LogP contribution < -0.4 is 21.3 Å². The van der Waals surface area contributed by atoms with E-state index >= 15 is 0 Å². The van der Waals surface area contributed by atoms with Gasteiger partial charge in [0.05, 0.1) is 12.5 Å². The van der Waals surface area contributed by atoms with Gasteiger partial charge in [0.25, 0.3) is 0 Å². The zero-order valence-electron chi connectivity index (χ0n) is 26.8. The Morgan fingerprint density at radius 3 is 1.98 bits per heavy atom. The van der Waals surface area contributed by atoms with Gasteiger partial charge in [0, 0.05) is 12.7 Å². The van der Waals surface area contributed by atoms with Crippen LogP contribution in [0.4, 0.5) is 4.79 Å². The molecule has 0 spiro atoms. The quantitative estimate of drug-likeness (QED) is 0.122. The molecule has 0 aliphatic rings. The molecule has 17 heteroatoms. The minimum atomic E-state index is -3.91. The third kappa shape index (κ3) is 15.3. The zero-order valence-corrected chi connectivity index (χ0v) is 28.4. The smallest absolute Gasteiger partial charge is 0.408 e. The molecular weight excluding hydrogens is 660 g/mol. The van der Waals surface area contributed by atoms with E-state index in [4.69, 9.17) is 16.3 Å². The number of rotatable bonds is 19. The van der Waals surface area contributed by atoms with Crippen LogP contribution in [0.1, 0.15) is 58.9 Å². The molecule has 0 radical (unpaired) electrons. The van der Waals surface area contributed by atoms with Crippen molar-refractivity contribution in [3.8, 4) is 0 Å². The molecule has 262 valence electrons. The SMILES string of the molecule is CCC(C)[C@H](NC(=O)[C@H](CCC(=O)O)NC(=O)[C@@H](NC(=O)OCc1ccccc1)C(C)C)C(=O)N[C@H](/C=C(\Cl)S(C)(=O)=O)CC(=O)O.